The molecule has 0 saturated carbocycles. The molecule has 4 aromatic heterocycles. The fourth-order valence-corrected chi connectivity index (χ4v) is 11.8. The van der Waals surface area contributed by atoms with Gasteiger partial charge in [-0.05, 0) is 98.5 Å². The summed E-state index contributed by atoms with van der Waals surface area (Å²) in [7, 11) is 0. The zero-order valence-electron chi connectivity index (χ0n) is 59.9. The van der Waals surface area contributed by atoms with Gasteiger partial charge < -0.3 is 43.4 Å². The molecule has 8 aromatic carbocycles. The summed E-state index contributed by atoms with van der Waals surface area (Å²) in [6.45, 7) is 3.71. The fraction of sp³-hybridized carbons (Fsp3) is 0.190. The lowest BCUT2D eigenvalue weighted by Gasteiger charge is -2.35. The van der Waals surface area contributed by atoms with Crippen LogP contribution in [-0.2, 0) is 46.1 Å². The van der Waals surface area contributed by atoms with E-state index in [0.717, 1.165) is 117 Å². The van der Waals surface area contributed by atoms with Crippen LogP contribution in [0.2, 0.25) is 0 Å². The second kappa shape index (κ2) is 34.3. The number of aryl methyl sites for hydroxylation is 4. The average molecular weight is 1560 g/mol. The number of halogens is 16. The Hall–Kier alpha value is -11.1. The van der Waals surface area contributed by atoms with Gasteiger partial charge in [-0.2, -0.15) is 35.1 Å². The first kappa shape index (κ1) is 84.9. The first-order valence-electron chi connectivity index (χ1n) is 33.9. The minimum absolute atomic E-state index is 0.417. The molecule has 12 N–H and O–H groups in total. The molecular formula is C84H72F16N8O4. The molecule has 0 amide bonds. The van der Waals surface area contributed by atoms with Crippen LogP contribution >= 0.6 is 0 Å². The van der Waals surface area contributed by atoms with E-state index < -0.39 is 164 Å². The molecule has 28 heteroatoms. The predicted molar refractivity (Wildman–Crippen MR) is 390 cm³/mol. The Morgan fingerprint density at radius 3 is 0.536 bits per heavy atom. The van der Waals surface area contributed by atoms with Crippen LogP contribution in [-0.4, -0.2) is 66.5 Å². The van der Waals surface area contributed by atoms with Gasteiger partial charge in [0.1, 0.15) is 69.3 Å². The Kier molecular flexibility index (Phi) is 26.0. The monoisotopic (exact) mass is 1560 g/mol. The van der Waals surface area contributed by atoms with Gasteiger partial charge in [-0.25, -0.2) is 35.1 Å². The first-order valence-corrected chi connectivity index (χ1v) is 33.9. The van der Waals surface area contributed by atoms with Crippen molar-refractivity contribution in [3.05, 3.63) is 357 Å². The lowest BCUT2D eigenvalue weighted by molar-refractivity contribution is -0.193. The van der Waals surface area contributed by atoms with Gasteiger partial charge in [0.2, 0.25) is 0 Å². The molecule has 4 heterocycles. The molecule has 4 atom stereocenters. The molecule has 0 spiro atoms. The van der Waals surface area contributed by atoms with Gasteiger partial charge >= 0.3 is 23.7 Å². The van der Waals surface area contributed by atoms with Crippen LogP contribution in [0.5, 0.6) is 0 Å². The van der Waals surface area contributed by atoms with Crippen molar-refractivity contribution in [1.29, 1.82) is 0 Å². The maximum absolute atomic E-state index is 15.1. The molecule has 0 aliphatic heterocycles. The lowest BCUT2D eigenvalue weighted by Crippen LogP contribution is -2.50. The molecular weight excluding hydrogens is 1490 g/mol. The number of benzene rings is 8. The zero-order valence-corrected chi connectivity index (χ0v) is 59.9. The van der Waals surface area contributed by atoms with E-state index in [2.05, 4.69) is 19.9 Å². The van der Waals surface area contributed by atoms with Gasteiger partial charge in [-0.15, -0.1) is 0 Å². The minimum Gasteiger partial charge on any atom is -0.377 e. The molecule has 112 heavy (non-hydrogen) atoms. The molecule has 584 valence electrons. The smallest absolute Gasteiger partial charge is 0.323 e. The van der Waals surface area contributed by atoms with Gasteiger partial charge in [0.25, 0.3) is 0 Å². The minimum atomic E-state index is -4.02. The second-order valence-corrected chi connectivity index (χ2v) is 26.2. The molecule has 12 nitrogen and oxygen atoms in total. The number of aromatic nitrogens is 4. The summed E-state index contributed by atoms with van der Waals surface area (Å²) in [6.07, 6.45) is 4.97. The standard InChI is InChI=1S/4C21H18F4N2O/c4*1-13-2-4-14(5-3-13)15-6-9-19(27-11-15)21(24,25)20(28,12-26)17-8-7-16(22)10-18(17)23/h4*2-11,28H,12,26H2,1H3/t4*20-/m1100/s1. The van der Waals surface area contributed by atoms with Crippen molar-refractivity contribution in [2.45, 2.75) is 73.8 Å². The lowest BCUT2D eigenvalue weighted by atomic mass is 9.84. The van der Waals surface area contributed by atoms with E-state index in [-0.39, 0.29) is 0 Å². The van der Waals surface area contributed by atoms with Crippen molar-refractivity contribution >= 4 is 0 Å². The van der Waals surface area contributed by atoms with E-state index in [9.17, 15) is 55.5 Å². The normalized spacial score (nSPS) is 14.0. The van der Waals surface area contributed by atoms with Crippen molar-refractivity contribution in [1.82, 2.24) is 19.9 Å². The third-order valence-corrected chi connectivity index (χ3v) is 18.6. The van der Waals surface area contributed by atoms with Crippen molar-refractivity contribution in [3.63, 3.8) is 0 Å². The Morgan fingerprint density at radius 2 is 0.402 bits per heavy atom. The third-order valence-electron chi connectivity index (χ3n) is 18.6. The number of rotatable bonds is 20. The van der Waals surface area contributed by atoms with E-state index in [4.69, 9.17) is 22.9 Å². The first-order chi connectivity index (χ1) is 52.7. The fourth-order valence-electron chi connectivity index (χ4n) is 11.8. The quantitative estimate of drug-likeness (QED) is 0.0333. The molecule has 0 bridgehead atoms. The summed E-state index contributed by atoms with van der Waals surface area (Å²) in [5.74, 6) is -25.2. The molecule has 0 saturated heterocycles. The van der Waals surface area contributed by atoms with E-state index in [1.807, 2.05) is 125 Å². The van der Waals surface area contributed by atoms with E-state index in [1.54, 1.807) is 0 Å². The van der Waals surface area contributed by atoms with Crippen molar-refractivity contribution in [2.75, 3.05) is 26.2 Å². The maximum Gasteiger partial charge on any atom is 0.323 e. The Labute approximate surface area is 632 Å². The van der Waals surface area contributed by atoms with Crippen molar-refractivity contribution < 1.29 is 90.7 Å². The van der Waals surface area contributed by atoms with Crippen LogP contribution in [0.15, 0.2) is 243 Å². The number of hydrogen-bond acceptors (Lipinski definition) is 12. The summed E-state index contributed by atoms with van der Waals surface area (Å²) in [4.78, 5) is 15.1. The molecule has 12 aromatic rings. The number of nitrogens with two attached hydrogens (primary N) is 4. The van der Waals surface area contributed by atoms with Crippen LogP contribution < -0.4 is 22.9 Å². The van der Waals surface area contributed by atoms with Crippen molar-refractivity contribution in [3.8, 4) is 44.5 Å². The third kappa shape index (κ3) is 17.5. The van der Waals surface area contributed by atoms with Gasteiger partial charge in [0.05, 0.1) is 0 Å². The molecule has 0 aliphatic carbocycles. The summed E-state index contributed by atoms with van der Waals surface area (Å²) >= 11 is 0. The van der Waals surface area contributed by atoms with Crippen LogP contribution in [0.4, 0.5) is 70.2 Å². The molecule has 0 aliphatic rings. The summed E-state index contributed by atoms with van der Waals surface area (Å²) < 4.78 is 230. The van der Waals surface area contributed by atoms with Crippen LogP contribution in [0, 0.1) is 74.2 Å². The number of aliphatic hydroxyl groups is 4. The predicted octanol–water partition coefficient (Wildman–Crippen LogP) is 17.1. The van der Waals surface area contributed by atoms with Gasteiger partial charge in [0.15, 0.2) is 22.4 Å². The number of hydrogen-bond donors (Lipinski definition) is 8. The second-order valence-electron chi connectivity index (χ2n) is 26.2. The molecule has 0 unspecified atom stereocenters. The molecule has 0 fully saturated rings. The Morgan fingerprint density at radius 1 is 0.241 bits per heavy atom. The SMILES string of the molecule is Cc1ccc(-c2ccc(C(F)(F)[C@@](O)(CN)c3ccc(F)cc3F)nc2)cc1.Cc1ccc(-c2ccc(C(F)(F)[C@@](O)(CN)c3ccc(F)cc3F)nc2)cc1.Cc1ccc(-c2ccc(C(F)(F)[C@](O)(CN)c3ccc(F)cc3F)nc2)cc1.Cc1ccc(-c2ccc(C(F)(F)[C@](O)(CN)c3ccc(F)cc3F)nc2)cc1. The topological polar surface area (TPSA) is 237 Å². The van der Waals surface area contributed by atoms with Gasteiger partial charge in [0, 0.05) is 120 Å². The van der Waals surface area contributed by atoms with E-state index in [0.29, 0.717) is 46.5 Å². The maximum atomic E-state index is 15.1. The highest BCUT2D eigenvalue weighted by Gasteiger charge is 2.60. The Balaban J connectivity index is 0.000000171. The van der Waals surface area contributed by atoms with Crippen LogP contribution in [0.25, 0.3) is 44.5 Å². The largest absolute Gasteiger partial charge is 0.377 e. The summed E-state index contributed by atoms with van der Waals surface area (Å²) in [6, 6.07) is 47.4. The molecule has 12 rings (SSSR count). The van der Waals surface area contributed by atoms with Crippen LogP contribution in [0.1, 0.15) is 67.3 Å². The molecule has 0 radical (unpaired) electrons. The Bertz CT molecular complexity index is 4550. The van der Waals surface area contributed by atoms with E-state index >= 15 is 35.1 Å². The van der Waals surface area contributed by atoms with Crippen molar-refractivity contribution in [2.24, 2.45) is 22.9 Å². The highest BCUT2D eigenvalue weighted by atomic mass is 19.3. The van der Waals surface area contributed by atoms with E-state index in [1.165, 1.54) is 49.1 Å². The zero-order chi connectivity index (χ0) is 82.1. The van der Waals surface area contributed by atoms with Gasteiger partial charge in [-0.3, -0.25) is 19.9 Å². The number of alkyl halides is 8. The highest BCUT2D eigenvalue weighted by molar-refractivity contribution is 5.66. The summed E-state index contributed by atoms with van der Waals surface area (Å²) in [5.41, 5.74) is 12.6. The summed E-state index contributed by atoms with van der Waals surface area (Å²) in [5, 5.41) is 42.3. The van der Waals surface area contributed by atoms with Gasteiger partial charge in [-0.1, -0.05) is 168 Å². The van der Waals surface area contributed by atoms with Crippen LogP contribution in [0.3, 0.4) is 0 Å². The highest BCUT2D eigenvalue weighted by Crippen LogP contribution is 2.50. The number of nitrogens with zero attached hydrogens (tertiary/aromatic N) is 4. The average Bonchev–Trinajstić information content (AvgIpc) is 0.767. The number of pyridine rings is 4.